The van der Waals surface area contributed by atoms with E-state index in [2.05, 4.69) is 24.8 Å². The number of carbonyl (C=O) groups is 2. The van der Waals surface area contributed by atoms with E-state index in [4.69, 9.17) is 16.3 Å². The number of rotatable bonds is 5. The van der Waals surface area contributed by atoms with E-state index in [0.717, 1.165) is 56.5 Å². The summed E-state index contributed by atoms with van der Waals surface area (Å²) in [5.41, 5.74) is 4.89. The van der Waals surface area contributed by atoms with Crippen molar-refractivity contribution in [2.75, 3.05) is 20.1 Å². The van der Waals surface area contributed by atoms with Crippen LogP contribution in [0.3, 0.4) is 0 Å². The maximum Gasteiger partial charge on any atom is 0.410 e. The van der Waals surface area contributed by atoms with Crippen molar-refractivity contribution < 1.29 is 14.3 Å². The zero-order chi connectivity index (χ0) is 26.2. The van der Waals surface area contributed by atoms with Crippen molar-refractivity contribution in [3.8, 4) is 0 Å². The second-order valence-electron chi connectivity index (χ2n) is 12.5. The van der Waals surface area contributed by atoms with E-state index in [1.165, 1.54) is 22.3 Å². The smallest absolute Gasteiger partial charge is 0.410 e. The van der Waals surface area contributed by atoms with Gasteiger partial charge in [0.2, 0.25) is 5.91 Å². The number of halogens is 1. The Balaban J connectivity index is 1.40. The number of fused-ring (bicyclic) bond motifs is 2. The van der Waals surface area contributed by atoms with Crippen molar-refractivity contribution in [1.29, 1.82) is 0 Å². The van der Waals surface area contributed by atoms with Crippen molar-refractivity contribution in [2.24, 2.45) is 17.8 Å². The number of amides is 2. The molecule has 1 fully saturated rings. The van der Waals surface area contributed by atoms with E-state index in [0.29, 0.717) is 24.3 Å². The zero-order valence-corrected chi connectivity index (χ0v) is 23.7. The highest BCUT2D eigenvalue weighted by molar-refractivity contribution is 6.31. The summed E-state index contributed by atoms with van der Waals surface area (Å²) in [6.07, 6.45) is 6.25. The van der Waals surface area contributed by atoms with Crippen molar-refractivity contribution in [1.82, 2.24) is 9.80 Å². The minimum atomic E-state index is -0.488. The van der Waals surface area contributed by atoms with Gasteiger partial charge in [-0.05, 0) is 106 Å². The first-order valence-corrected chi connectivity index (χ1v) is 14.1. The third kappa shape index (κ3) is 5.93. The Morgan fingerprint density at radius 1 is 1.17 bits per heavy atom. The van der Waals surface area contributed by atoms with Gasteiger partial charge in [0.15, 0.2) is 0 Å². The van der Waals surface area contributed by atoms with E-state index >= 15 is 0 Å². The molecule has 2 amide bonds. The largest absolute Gasteiger partial charge is 0.444 e. The fraction of sp³-hybridized carbons (Fsp3) is 0.667. The van der Waals surface area contributed by atoms with Gasteiger partial charge in [-0.1, -0.05) is 37.6 Å². The molecule has 0 bridgehead atoms. The molecule has 1 heterocycles. The minimum Gasteiger partial charge on any atom is -0.444 e. The van der Waals surface area contributed by atoms with Gasteiger partial charge >= 0.3 is 6.09 Å². The van der Waals surface area contributed by atoms with E-state index in [9.17, 15) is 9.59 Å². The van der Waals surface area contributed by atoms with Gasteiger partial charge in [-0.25, -0.2) is 4.79 Å². The lowest BCUT2D eigenvalue weighted by Gasteiger charge is -2.41. The maximum atomic E-state index is 13.9. The van der Waals surface area contributed by atoms with Crippen LogP contribution in [0.25, 0.3) is 5.57 Å². The highest BCUT2D eigenvalue weighted by atomic mass is 35.5. The molecule has 2 aliphatic carbocycles. The fourth-order valence-corrected chi connectivity index (χ4v) is 6.53. The van der Waals surface area contributed by atoms with Crippen LogP contribution in [-0.4, -0.2) is 53.6 Å². The summed E-state index contributed by atoms with van der Waals surface area (Å²) in [6.45, 7) is 11.6. The molecule has 0 N–H and O–H groups in total. The van der Waals surface area contributed by atoms with Crippen LogP contribution in [0.4, 0.5) is 4.79 Å². The Morgan fingerprint density at radius 3 is 2.50 bits per heavy atom. The molecule has 0 saturated heterocycles. The Morgan fingerprint density at radius 2 is 1.86 bits per heavy atom. The molecule has 4 rings (SSSR count). The summed E-state index contributed by atoms with van der Waals surface area (Å²) in [4.78, 5) is 30.1. The number of hydrogen-bond donors (Lipinski definition) is 0. The normalized spacial score (nSPS) is 24.0. The molecule has 1 saturated carbocycles. The van der Waals surface area contributed by atoms with Crippen molar-refractivity contribution >= 4 is 29.2 Å². The number of hydrogen-bond acceptors (Lipinski definition) is 3. The van der Waals surface area contributed by atoms with Crippen LogP contribution in [0.15, 0.2) is 23.8 Å². The number of nitrogens with zero attached hydrogens (tertiary/aromatic N) is 2. The molecule has 1 atom stereocenters. The van der Waals surface area contributed by atoms with Gasteiger partial charge in [0, 0.05) is 31.1 Å². The molecular weight excluding hydrogens is 472 g/mol. The second-order valence-corrected chi connectivity index (χ2v) is 12.9. The average Bonchev–Trinajstić information content (AvgIpc) is 3.18. The number of carbonyl (C=O) groups excluding carboxylic acids is 2. The molecule has 0 aromatic heterocycles. The molecule has 1 aromatic rings. The SMILES string of the molecule is CC(C)CC1C2=C(CCN1C(=O)C1CCC(CN(C)C(=O)OC(C)(C)C)CC1)c1cccc(Cl)c1C2. The van der Waals surface area contributed by atoms with Gasteiger partial charge in [0.05, 0.1) is 6.04 Å². The summed E-state index contributed by atoms with van der Waals surface area (Å²) >= 11 is 6.57. The van der Waals surface area contributed by atoms with Crippen LogP contribution in [0.2, 0.25) is 5.02 Å². The second kappa shape index (κ2) is 10.8. The number of ether oxygens (including phenoxy) is 1. The zero-order valence-electron chi connectivity index (χ0n) is 22.9. The monoisotopic (exact) mass is 514 g/mol. The van der Waals surface area contributed by atoms with Gasteiger partial charge in [0.25, 0.3) is 0 Å². The molecule has 1 unspecified atom stereocenters. The minimum absolute atomic E-state index is 0.0808. The van der Waals surface area contributed by atoms with Crippen LogP contribution in [0.5, 0.6) is 0 Å². The first-order chi connectivity index (χ1) is 16.9. The third-order valence-electron chi connectivity index (χ3n) is 7.99. The van der Waals surface area contributed by atoms with E-state index in [1.807, 2.05) is 40.0 Å². The van der Waals surface area contributed by atoms with Crippen LogP contribution in [-0.2, 0) is 16.0 Å². The summed E-state index contributed by atoms with van der Waals surface area (Å²) < 4.78 is 5.50. The molecule has 1 aromatic carbocycles. The predicted octanol–water partition coefficient (Wildman–Crippen LogP) is 6.97. The lowest BCUT2D eigenvalue weighted by atomic mass is 9.80. The van der Waals surface area contributed by atoms with Gasteiger partial charge in [-0.3, -0.25) is 4.79 Å². The first kappa shape index (κ1) is 27.0. The van der Waals surface area contributed by atoms with E-state index in [1.54, 1.807) is 4.90 Å². The topological polar surface area (TPSA) is 49.9 Å². The van der Waals surface area contributed by atoms with Gasteiger partial charge in [-0.15, -0.1) is 0 Å². The Bertz CT molecular complexity index is 1020. The highest BCUT2D eigenvalue weighted by Gasteiger charge is 2.40. The molecule has 3 aliphatic rings. The van der Waals surface area contributed by atoms with Gasteiger partial charge in [-0.2, -0.15) is 0 Å². The molecule has 0 radical (unpaired) electrons. The van der Waals surface area contributed by atoms with Gasteiger partial charge in [0.1, 0.15) is 5.60 Å². The Hall–Kier alpha value is -2.01. The summed E-state index contributed by atoms with van der Waals surface area (Å²) in [7, 11) is 1.81. The van der Waals surface area contributed by atoms with Crippen LogP contribution in [0, 0.1) is 17.8 Å². The van der Waals surface area contributed by atoms with Crippen molar-refractivity contribution in [3.05, 3.63) is 39.9 Å². The first-order valence-electron chi connectivity index (χ1n) is 13.7. The summed E-state index contributed by atoms with van der Waals surface area (Å²) in [5.74, 6) is 1.33. The quantitative estimate of drug-likeness (QED) is 0.426. The third-order valence-corrected chi connectivity index (χ3v) is 8.35. The van der Waals surface area contributed by atoms with Crippen LogP contribution in [0.1, 0.15) is 84.3 Å². The van der Waals surface area contributed by atoms with Gasteiger partial charge < -0.3 is 14.5 Å². The molecule has 1 aliphatic heterocycles. The maximum absolute atomic E-state index is 13.9. The van der Waals surface area contributed by atoms with E-state index in [-0.39, 0.29) is 18.1 Å². The predicted molar refractivity (Wildman–Crippen MR) is 146 cm³/mol. The Labute approximate surface area is 222 Å². The number of benzene rings is 1. The van der Waals surface area contributed by atoms with Crippen LogP contribution >= 0.6 is 11.6 Å². The molecule has 5 nitrogen and oxygen atoms in total. The lowest BCUT2D eigenvalue weighted by Crippen LogP contribution is -2.48. The molecule has 198 valence electrons. The average molecular weight is 515 g/mol. The standard InChI is InChI=1S/C30H43ClN2O3/c1-19(2)16-27-25-17-24-22(8-7-9-26(24)31)23(25)14-15-33(27)28(34)21-12-10-20(11-13-21)18-32(6)29(35)36-30(3,4)5/h7-9,19-21,27H,10-18H2,1-6H3. The van der Waals surface area contributed by atoms with Crippen molar-refractivity contribution in [2.45, 2.75) is 91.2 Å². The molecule has 6 heteroatoms. The van der Waals surface area contributed by atoms with Crippen molar-refractivity contribution in [3.63, 3.8) is 0 Å². The molecule has 36 heavy (non-hydrogen) atoms. The molecular formula is C30H43ClN2O3. The highest BCUT2D eigenvalue weighted by Crippen LogP contribution is 2.45. The summed E-state index contributed by atoms with van der Waals surface area (Å²) in [5, 5.41) is 0.845. The lowest BCUT2D eigenvalue weighted by molar-refractivity contribution is -0.139. The fourth-order valence-electron chi connectivity index (χ4n) is 6.29. The Kier molecular flexibility index (Phi) is 8.09. The van der Waals surface area contributed by atoms with E-state index < -0.39 is 5.60 Å². The van der Waals surface area contributed by atoms with Crippen LogP contribution < -0.4 is 0 Å². The summed E-state index contributed by atoms with van der Waals surface area (Å²) in [6, 6.07) is 6.40. The molecule has 0 spiro atoms.